The van der Waals surface area contributed by atoms with E-state index >= 15 is 0 Å². The minimum Gasteiger partial charge on any atom is -0.481 e. The Balaban J connectivity index is 2.68. The van der Waals surface area contributed by atoms with Crippen molar-refractivity contribution in [2.45, 2.75) is 25.8 Å². The molecule has 0 aliphatic carbocycles. The van der Waals surface area contributed by atoms with Crippen LogP contribution in [0, 0.1) is 5.92 Å². The zero-order valence-corrected chi connectivity index (χ0v) is 14.2. The first-order chi connectivity index (χ1) is 10.5. The van der Waals surface area contributed by atoms with Crippen molar-refractivity contribution < 1.29 is 23.1 Å². The molecule has 0 heterocycles. The van der Waals surface area contributed by atoms with Gasteiger partial charge < -0.3 is 10.4 Å². The van der Waals surface area contributed by atoms with E-state index in [1.165, 1.54) is 13.8 Å². The van der Waals surface area contributed by atoms with Gasteiger partial charge in [0.15, 0.2) is 0 Å². The van der Waals surface area contributed by atoms with Gasteiger partial charge in [-0.1, -0.05) is 30.3 Å². The molecular formula is C15H22N2O5S. The van der Waals surface area contributed by atoms with Crippen molar-refractivity contribution in [3.63, 3.8) is 0 Å². The van der Waals surface area contributed by atoms with Gasteiger partial charge in [0.05, 0.1) is 12.2 Å². The van der Waals surface area contributed by atoms with Gasteiger partial charge in [-0.15, -0.1) is 0 Å². The van der Waals surface area contributed by atoms with Crippen LogP contribution in [0.15, 0.2) is 30.3 Å². The minimum absolute atomic E-state index is 0.0854. The van der Waals surface area contributed by atoms with E-state index in [0.717, 1.165) is 11.8 Å². The fourth-order valence-electron chi connectivity index (χ4n) is 2.09. The number of rotatable bonds is 8. The quantitative estimate of drug-likeness (QED) is 0.632. The molecule has 1 atom stereocenters. The van der Waals surface area contributed by atoms with Crippen LogP contribution in [0.25, 0.3) is 0 Å². The lowest BCUT2D eigenvalue weighted by molar-refractivity contribution is -0.141. The summed E-state index contributed by atoms with van der Waals surface area (Å²) < 4.78 is 24.7. The molecule has 1 unspecified atom stereocenters. The molecule has 7 nitrogen and oxygen atoms in total. The molecule has 0 aliphatic rings. The second kappa shape index (κ2) is 7.56. The molecule has 128 valence electrons. The zero-order chi connectivity index (χ0) is 17.7. The second-order valence-corrected chi connectivity index (χ2v) is 7.68. The smallest absolute Gasteiger partial charge is 0.308 e. The number of carbonyl (C=O) groups is 2. The third-order valence-corrected chi connectivity index (χ3v) is 4.07. The Kier molecular flexibility index (Phi) is 6.28. The van der Waals surface area contributed by atoms with E-state index in [1.54, 1.807) is 0 Å². The summed E-state index contributed by atoms with van der Waals surface area (Å²) in [5.41, 5.74) is -0.508. The topological polar surface area (TPSA) is 113 Å². The summed E-state index contributed by atoms with van der Waals surface area (Å²) in [6.07, 6.45) is 1.23. The average molecular weight is 342 g/mol. The van der Waals surface area contributed by atoms with Crippen LogP contribution in [0.4, 0.5) is 0 Å². The van der Waals surface area contributed by atoms with Gasteiger partial charge in [-0.05, 0) is 25.8 Å². The van der Waals surface area contributed by atoms with E-state index in [-0.39, 0.29) is 13.0 Å². The van der Waals surface area contributed by atoms with Crippen LogP contribution >= 0.6 is 0 Å². The molecule has 0 saturated carbocycles. The summed E-state index contributed by atoms with van der Waals surface area (Å²) in [7, 11) is -3.56. The molecule has 1 rings (SSSR count). The molecule has 0 aliphatic heterocycles. The summed E-state index contributed by atoms with van der Waals surface area (Å²) in [4.78, 5) is 23.4. The van der Waals surface area contributed by atoms with E-state index in [0.29, 0.717) is 0 Å². The van der Waals surface area contributed by atoms with Gasteiger partial charge in [0.2, 0.25) is 15.9 Å². The number of amides is 1. The number of carbonyl (C=O) groups excluding carboxylic acids is 1. The molecule has 23 heavy (non-hydrogen) atoms. The lowest BCUT2D eigenvalue weighted by Crippen LogP contribution is -2.55. The Bertz CT molecular complexity index is 656. The summed E-state index contributed by atoms with van der Waals surface area (Å²) in [5, 5.41) is 11.8. The lowest BCUT2D eigenvalue weighted by atomic mass is 9.98. The first-order valence-corrected chi connectivity index (χ1v) is 8.94. The van der Waals surface area contributed by atoms with Gasteiger partial charge in [-0.25, -0.2) is 13.1 Å². The van der Waals surface area contributed by atoms with Crippen molar-refractivity contribution in [3.05, 3.63) is 35.9 Å². The summed E-state index contributed by atoms with van der Waals surface area (Å²) in [6, 6.07) is 9.08. The monoisotopic (exact) mass is 342 g/mol. The molecule has 1 aromatic carbocycles. The van der Waals surface area contributed by atoms with Crippen molar-refractivity contribution in [1.82, 2.24) is 10.0 Å². The van der Waals surface area contributed by atoms with Gasteiger partial charge in [-0.3, -0.25) is 9.59 Å². The molecule has 3 N–H and O–H groups in total. The molecule has 1 aromatic rings. The van der Waals surface area contributed by atoms with Crippen LogP contribution in [0.3, 0.4) is 0 Å². The van der Waals surface area contributed by atoms with E-state index in [1.807, 2.05) is 30.3 Å². The Labute approximate surface area is 136 Å². The van der Waals surface area contributed by atoms with Gasteiger partial charge in [0.25, 0.3) is 0 Å². The molecule has 1 amide bonds. The fraction of sp³-hybridized carbons (Fsp3) is 0.467. The minimum atomic E-state index is -3.56. The largest absolute Gasteiger partial charge is 0.481 e. The second-order valence-electron chi connectivity index (χ2n) is 5.93. The SMILES string of the molecule is CC(C)(NS(C)(=O)=O)C(=O)NCC(Cc1ccccc1)C(=O)O. The van der Waals surface area contributed by atoms with Crippen molar-refractivity contribution in [2.75, 3.05) is 12.8 Å². The number of carboxylic acid groups (broad SMARTS) is 1. The molecule has 0 bridgehead atoms. The molecule has 0 saturated heterocycles. The standard InChI is InChI=1S/C15H22N2O5S/c1-15(2,17-23(3,21)22)14(20)16-10-12(13(18)19)9-11-7-5-4-6-8-11/h4-8,12,17H,9-10H2,1-3H3,(H,16,20)(H,18,19). The third kappa shape index (κ3) is 6.79. The normalized spacial score (nSPS) is 13.3. The number of nitrogens with one attached hydrogen (secondary N) is 2. The summed E-state index contributed by atoms with van der Waals surface area (Å²) in [5.74, 6) is -2.40. The molecule has 0 radical (unpaired) electrons. The van der Waals surface area contributed by atoms with Crippen LogP contribution in [-0.4, -0.2) is 43.7 Å². The molecule has 8 heteroatoms. The zero-order valence-electron chi connectivity index (χ0n) is 13.4. The highest BCUT2D eigenvalue weighted by atomic mass is 32.2. The predicted molar refractivity (Wildman–Crippen MR) is 86.3 cm³/mol. The number of aliphatic carboxylic acids is 1. The van der Waals surface area contributed by atoms with E-state index < -0.39 is 33.4 Å². The first kappa shape index (κ1) is 19.1. The van der Waals surface area contributed by atoms with Gasteiger partial charge in [0, 0.05) is 6.54 Å². The Morgan fingerprint density at radius 1 is 1.22 bits per heavy atom. The highest BCUT2D eigenvalue weighted by Crippen LogP contribution is 2.10. The van der Waals surface area contributed by atoms with Gasteiger partial charge in [-0.2, -0.15) is 0 Å². The van der Waals surface area contributed by atoms with Crippen molar-refractivity contribution in [3.8, 4) is 0 Å². The number of hydrogen-bond acceptors (Lipinski definition) is 4. The Morgan fingerprint density at radius 3 is 2.26 bits per heavy atom. The molecular weight excluding hydrogens is 320 g/mol. The maximum Gasteiger partial charge on any atom is 0.308 e. The number of benzene rings is 1. The van der Waals surface area contributed by atoms with Crippen molar-refractivity contribution in [2.24, 2.45) is 5.92 Å². The highest BCUT2D eigenvalue weighted by Gasteiger charge is 2.31. The van der Waals surface area contributed by atoms with E-state index in [2.05, 4.69) is 10.0 Å². The molecule has 0 aromatic heterocycles. The number of hydrogen-bond donors (Lipinski definition) is 3. The number of carboxylic acids is 1. The van der Waals surface area contributed by atoms with Crippen LogP contribution in [-0.2, 0) is 26.0 Å². The first-order valence-electron chi connectivity index (χ1n) is 7.05. The average Bonchev–Trinajstić information content (AvgIpc) is 2.41. The van der Waals surface area contributed by atoms with Gasteiger partial charge in [0.1, 0.15) is 5.54 Å². The van der Waals surface area contributed by atoms with Crippen LogP contribution < -0.4 is 10.0 Å². The summed E-state index contributed by atoms with van der Waals surface area (Å²) >= 11 is 0. The number of sulfonamides is 1. The Hall–Kier alpha value is -1.93. The molecule has 0 spiro atoms. The molecule has 0 fully saturated rings. The maximum atomic E-state index is 12.1. The van der Waals surface area contributed by atoms with Crippen molar-refractivity contribution >= 4 is 21.9 Å². The van der Waals surface area contributed by atoms with E-state index in [4.69, 9.17) is 0 Å². The highest BCUT2D eigenvalue weighted by molar-refractivity contribution is 7.88. The summed E-state index contributed by atoms with van der Waals surface area (Å²) in [6.45, 7) is 2.74. The maximum absolute atomic E-state index is 12.1. The predicted octanol–water partition coefficient (Wildman–Crippen LogP) is 0.374. The van der Waals surface area contributed by atoms with Crippen LogP contribution in [0.2, 0.25) is 0 Å². The van der Waals surface area contributed by atoms with Crippen molar-refractivity contribution in [1.29, 1.82) is 0 Å². The van der Waals surface area contributed by atoms with Crippen LogP contribution in [0.1, 0.15) is 19.4 Å². The van der Waals surface area contributed by atoms with E-state index in [9.17, 15) is 23.1 Å². The van der Waals surface area contributed by atoms with Crippen LogP contribution in [0.5, 0.6) is 0 Å². The van der Waals surface area contributed by atoms with Gasteiger partial charge >= 0.3 is 5.97 Å². The lowest BCUT2D eigenvalue weighted by Gasteiger charge is -2.25. The Morgan fingerprint density at radius 2 is 1.78 bits per heavy atom. The third-order valence-electron chi connectivity index (χ3n) is 3.19. The fourth-order valence-corrected chi connectivity index (χ4v) is 3.11.